The maximum atomic E-state index is 12.7. The molecule has 1 aliphatic rings. The van der Waals surface area contributed by atoms with E-state index in [1.807, 2.05) is 72.1 Å². The molecule has 4 nitrogen and oxygen atoms in total. The average molecular weight is 395 g/mol. The van der Waals surface area contributed by atoms with Gasteiger partial charge in [-0.25, -0.2) is 0 Å². The number of rotatable bonds is 5. The van der Waals surface area contributed by atoms with Gasteiger partial charge >= 0.3 is 0 Å². The van der Waals surface area contributed by atoms with Gasteiger partial charge in [-0.2, -0.15) is 0 Å². The van der Waals surface area contributed by atoms with E-state index in [0.29, 0.717) is 0 Å². The minimum Gasteiger partial charge on any atom is -0.344 e. The number of amides is 2. The molecule has 2 atom stereocenters. The molecule has 0 bridgehead atoms. The van der Waals surface area contributed by atoms with Crippen LogP contribution in [0.2, 0.25) is 0 Å². The number of thioether (sulfide) groups is 1. The van der Waals surface area contributed by atoms with Gasteiger partial charge in [-0.1, -0.05) is 48.5 Å². The summed E-state index contributed by atoms with van der Waals surface area (Å²) in [5.41, 5.74) is 1.84. The molecule has 2 N–H and O–H groups in total. The molecule has 0 aliphatic carbocycles. The summed E-state index contributed by atoms with van der Waals surface area (Å²) in [5, 5.41) is 7.56. The fraction of sp³-hybridized carbons (Fsp3) is 0.143. The Morgan fingerprint density at radius 3 is 2.59 bits per heavy atom. The summed E-state index contributed by atoms with van der Waals surface area (Å²) in [4.78, 5) is 27.2. The van der Waals surface area contributed by atoms with Crippen molar-refractivity contribution in [3.8, 4) is 0 Å². The van der Waals surface area contributed by atoms with E-state index in [4.69, 9.17) is 0 Å². The van der Waals surface area contributed by atoms with Crippen molar-refractivity contribution in [3.63, 3.8) is 0 Å². The topological polar surface area (TPSA) is 58.2 Å². The zero-order chi connectivity index (χ0) is 18.6. The predicted octanol–water partition coefficient (Wildman–Crippen LogP) is 4.46. The van der Waals surface area contributed by atoms with E-state index >= 15 is 0 Å². The maximum absolute atomic E-state index is 12.7. The van der Waals surface area contributed by atoms with E-state index in [2.05, 4.69) is 10.6 Å². The van der Waals surface area contributed by atoms with Crippen molar-refractivity contribution in [1.82, 2.24) is 5.32 Å². The van der Waals surface area contributed by atoms with Crippen molar-refractivity contribution in [2.24, 2.45) is 0 Å². The second-order valence-corrected chi connectivity index (χ2v) is 8.45. The zero-order valence-electron chi connectivity index (χ0n) is 14.4. The monoisotopic (exact) mass is 394 g/mol. The van der Waals surface area contributed by atoms with E-state index in [1.165, 1.54) is 11.8 Å². The molecule has 2 heterocycles. The highest BCUT2D eigenvalue weighted by molar-refractivity contribution is 8.01. The number of nitrogens with one attached hydrogen (secondary N) is 2. The molecule has 136 valence electrons. The van der Waals surface area contributed by atoms with E-state index < -0.39 is 5.25 Å². The molecule has 2 aromatic carbocycles. The highest BCUT2D eigenvalue weighted by Gasteiger charge is 2.29. The smallest absolute Gasteiger partial charge is 0.238 e. The summed E-state index contributed by atoms with van der Waals surface area (Å²) in [6.45, 7) is 0. The summed E-state index contributed by atoms with van der Waals surface area (Å²) in [6, 6.07) is 21.3. The highest BCUT2D eigenvalue weighted by Crippen LogP contribution is 2.36. The van der Waals surface area contributed by atoms with Crippen LogP contribution in [0.25, 0.3) is 0 Å². The summed E-state index contributed by atoms with van der Waals surface area (Å²) in [5.74, 6) is -0.259. The Labute approximate surface area is 166 Å². The van der Waals surface area contributed by atoms with E-state index in [0.717, 1.165) is 21.0 Å². The minimum atomic E-state index is -0.431. The van der Waals surface area contributed by atoms with Crippen molar-refractivity contribution < 1.29 is 9.59 Å². The molecule has 0 spiro atoms. The fourth-order valence-electron chi connectivity index (χ4n) is 3.04. The van der Waals surface area contributed by atoms with Crippen LogP contribution in [-0.2, 0) is 9.59 Å². The number of thiophene rings is 1. The van der Waals surface area contributed by atoms with Crippen LogP contribution in [0.1, 0.15) is 22.9 Å². The minimum absolute atomic E-state index is 0.124. The third-order valence-electron chi connectivity index (χ3n) is 4.34. The Morgan fingerprint density at radius 2 is 1.81 bits per heavy atom. The van der Waals surface area contributed by atoms with Gasteiger partial charge < -0.3 is 10.6 Å². The highest BCUT2D eigenvalue weighted by atomic mass is 32.2. The van der Waals surface area contributed by atoms with Crippen molar-refractivity contribution >= 4 is 40.6 Å². The second kappa shape index (κ2) is 7.98. The number of para-hydroxylation sites is 1. The van der Waals surface area contributed by atoms with Gasteiger partial charge in [0.1, 0.15) is 0 Å². The third-order valence-corrected chi connectivity index (χ3v) is 6.56. The normalized spacial score (nSPS) is 16.9. The Hall–Kier alpha value is -2.57. The van der Waals surface area contributed by atoms with E-state index in [-0.39, 0.29) is 24.3 Å². The van der Waals surface area contributed by atoms with Gasteiger partial charge in [-0.05, 0) is 29.1 Å². The Morgan fingerprint density at radius 1 is 1.04 bits per heavy atom. The van der Waals surface area contributed by atoms with Crippen LogP contribution in [0.4, 0.5) is 5.69 Å². The molecule has 0 saturated carbocycles. The van der Waals surface area contributed by atoms with Gasteiger partial charge in [0.25, 0.3) is 0 Å². The van der Waals surface area contributed by atoms with Crippen molar-refractivity contribution in [2.75, 3.05) is 5.32 Å². The standard InChI is InChI=1S/C21H18N2O2S2/c24-19(13-18-21(25)22-15-9-4-5-10-16(15)27-18)23-20(17-11-6-12-26-17)14-7-2-1-3-8-14/h1-12,18,20H,13H2,(H,22,25)(H,23,24)/t18-,20-/m1/s1. The van der Waals surface area contributed by atoms with Crippen LogP contribution in [-0.4, -0.2) is 17.1 Å². The van der Waals surface area contributed by atoms with Crippen LogP contribution >= 0.6 is 23.1 Å². The number of fused-ring (bicyclic) bond motifs is 1. The van der Waals surface area contributed by atoms with Crippen LogP contribution in [0.3, 0.4) is 0 Å². The molecule has 4 rings (SSSR count). The lowest BCUT2D eigenvalue weighted by Crippen LogP contribution is -2.36. The second-order valence-electron chi connectivity index (χ2n) is 6.22. The number of hydrogen-bond acceptors (Lipinski definition) is 4. The van der Waals surface area contributed by atoms with Crippen LogP contribution in [0.5, 0.6) is 0 Å². The van der Waals surface area contributed by atoms with Crippen LogP contribution in [0, 0.1) is 0 Å². The van der Waals surface area contributed by atoms with E-state index in [9.17, 15) is 9.59 Å². The third kappa shape index (κ3) is 4.07. The summed E-state index contributed by atoms with van der Waals surface area (Å²) >= 11 is 3.05. The first kappa shape index (κ1) is 17.8. The lowest BCUT2D eigenvalue weighted by atomic mass is 10.0. The number of carbonyl (C=O) groups excluding carboxylic acids is 2. The van der Waals surface area contributed by atoms with Crippen LogP contribution < -0.4 is 10.6 Å². The molecule has 1 aromatic heterocycles. The Bertz CT molecular complexity index is 942. The molecule has 3 aromatic rings. The van der Waals surface area contributed by atoms with Gasteiger partial charge in [0.15, 0.2) is 0 Å². The molecular weight excluding hydrogens is 376 g/mol. The average Bonchev–Trinajstić information content (AvgIpc) is 3.22. The van der Waals surface area contributed by atoms with Gasteiger partial charge in [0, 0.05) is 16.2 Å². The van der Waals surface area contributed by atoms with Crippen molar-refractivity contribution in [1.29, 1.82) is 0 Å². The first-order chi connectivity index (χ1) is 13.2. The SMILES string of the molecule is O=C(C[C@H]1Sc2ccccc2NC1=O)N[C@H](c1ccccc1)c1cccs1. The maximum Gasteiger partial charge on any atom is 0.238 e. The molecule has 27 heavy (non-hydrogen) atoms. The number of anilines is 1. The zero-order valence-corrected chi connectivity index (χ0v) is 16.1. The molecule has 0 fully saturated rings. The molecule has 6 heteroatoms. The fourth-order valence-corrected chi connectivity index (χ4v) is 4.95. The van der Waals surface area contributed by atoms with Gasteiger partial charge in [-0.15, -0.1) is 23.1 Å². The molecule has 0 saturated heterocycles. The van der Waals surface area contributed by atoms with Crippen LogP contribution in [0.15, 0.2) is 77.0 Å². The summed E-state index contributed by atoms with van der Waals surface area (Å²) in [6.07, 6.45) is 0.138. The summed E-state index contributed by atoms with van der Waals surface area (Å²) in [7, 11) is 0. The molecule has 2 amide bonds. The predicted molar refractivity (Wildman–Crippen MR) is 110 cm³/mol. The first-order valence-corrected chi connectivity index (χ1v) is 10.4. The van der Waals surface area contributed by atoms with E-state index in [1.54, 1.807) is 11.3 Å². The van der Waals surface area contributed by atoms with Gasteiger partial charge in [-0.3, -0.25) is 9.59 Å². The molecular formula is C21H18N2O2S2. The molecule has 1 aliphatic heterocycles. The Kier molecular flexibility index (Phi) is 5.27. The largest absolute Gasteiger partial charge is 0.344 e. The number of benzene rings is 2. The molecule has 0 unspecified atom stereocenters. The number of hydrogen-bond donors (Lipinski definition) is 2. The first-order valence-electron chi connectivity index (χ1n) is 8.65. The Balaban J connectivity index is 1.48. The lowest BCUT2D eigenvalue weighted by Gasteiger charge is -2.24. The number of carbonyl (C=O) groups is 2. The van der Waals surface area contributed by atoms with Gasteiger partial charge in [0.05, 0.1) is 17.0 Å². The molecule has 0 radical (unpaired) electrons. The van der Waals surface area contributed by atoms with Crippen molar-refractivity contribution in [3.05, 3.63) is 82.6 Å². The summed E-state index contributed by atoms with van der Waals surface area (Å²) < 4.78 is 0. The quantitative estimate of drug-likeness (QED) is 0.672. The lowest BCUT2D eigenvalue weighted by molar-refractivity contribution is -0.124. The van der Waals surface area contributed by atoms with Gasteiger partial charge in [0.2, 0.25) is 11.8 Å². The van der Waals surface area contributed by atoms with Crippen molar-refractivity contribution in [2.45, 2.75) is 22.6 Å².